The van der Waals surface area contributed by atoms with Crippen molar-refractivity contribution in [1.82, 2.24) is 9.62 Å². The highest BCUT2D eigenvalue weighted by Gasteiger charge is 1.97. The summed E-state index contributed by atoms with van der Waals surface area (Å²) >= 11 is 0. The lowest BCUT2D eigenvalue weighted by Crippen LogP contribution is -2.36. The summed E-state index contributed by atoms with van der Waals surface area (Å²) in [6.07, 6.45) is 0. The largest absolute Gasteiger partial charge is 0.345 e. The van der Waals surface area contributed by atoms with Gasteiger partial charge < -0.3 is 9.62 Å². The van der Waals surface area contributed by atoms with E-state index in [0.717, 1.165) is 20.5 Å². The van der Waals surface area contributed by atoms with Crippen LogP contribution in [0.3, 0.4) is 0 Å². The van der Waals surface area contributed by atoms with Gasteiger partial charge in [0.2, 0.25) is 0 Å². The van der Waals surface area contributed by atoms with E-state index in [0.29, 0.717) is 0 Å². The van der Waals surface area contributed by atoms with E-state index in [-0.39, 0.29) is 0 Å². The summed E-state index contributed by atoms with van der Waals surface area (Å²) in [5, 5.41) is 0. The van der Waals surface area contributed by atoms with Gasteiger partial charge in [-0.1, -0.05) is 6.92 Å². The van der Waals surface area contributed by atoms with E-state index < -0.39 is 0 Å². The molecule has 0 fully saturated rings. The van der Waals surface area contributed by atoms with Gasteiger partial charge in [-0.05, 0) is 13.6 Å². The van der Waals surface area contributed by atoms with Crippen molar-refractivity contribution in [3.8, 4) is 0 Å². The van der Waals surface area contributed by atoms with Gasteiger partial charge in [-0.15, -0.1) is 0 Å². The maximum absolute atomic E-state index is 2.28. The molecule has 0 aliphatic carbocycles. The highest BCUT2D eigenvalue weighted by Crippen LogP contribution is 1.81. The normalized spacial score (nSPS) is 10.7. The molecule has 0 saturated heterocycles. The molecule has 0 amide bonds. The minimum absolute atomic E-state index is 1.08. The first-order valence-electron chi connectivity index (χ1n) is 3.57. The first-order valence-corrected chi connectivity index (χ1v) is 3.57. The Morgan fingerprint density at radius 3 is 2.44 bits per heavy atom. The molecule has 0 heterocycles. The smallest absolute Gasteiger partial charge is 0.186 e. The van der Waals surface area contributed by atoms with Gasteiger partial charge >= 0.3 is 0 Å². The average molecular weight is 124 g/mol. The van der Waals surface area contributed by atoms with Crippen molar-refractivity contribution in [2.45, 2.75) is 6.92 Å². The molecule has 0 bridgehead atoms. The monoisotopic (exact) mass is 124 g/mol. The van der Waals surface area contributed by atoms with Crippen molar-refractivity contribution in [1.29, 1.82) is 0 Å². The van der Waals surface area contributed by atoms with Gasteiger partial charge in [0.25, 0.3) is 0 Å². The molecule has 5 heteroatoms. The molecule has 2 nitrogen and oxygen atoms in total. The highest BCUT2D eigenvalue weighted by molar-refractivity contribution is 6.87. The minimum Gasteiger partial charge on any atom is -0.345 e. The maximum atomic E-state index is 2.28. The molecule has 0 radical (unpaired) electrons. The molecule has 0 unspecified atom stereocenters. The molecule has 0 aromatic heterocycles. The lowest BCUT2D eigenvalue weighted by molar-refractivity contribution is 0.351. The molecule has 9 heavy (non-hydrogen) atoms. The van der Waals surface area contributed by atoms with Crippen LogP contribution >= 0.6 is 0 Å². The third kappa shape index (κ3) is 4.61. The van der Waals surface area contributed by atoms with Crippen LogP contribution in [-0.2, 0) is 0 Å². The van der Waals surface area contributed by atoms with Gasteiger partial charge in [-0.25, -0.2) is 0 Å². The Bertz CT molecular complexity index is 62.8. The molecule has 0 aliphatic heterocycles. The number of rotatable bonds is 4. The van der Waals surface area contributed by atoms with E-state index in [1.54, 1.807) is 0 Å². The summed E-state index contributed by atoms with van der Waals surface area (Å²) in [4.78, 5) is 4.56. The van der Waals surface area contributed by atoms with Crippen LogP contribution in [0.1, 0.15) is 6.92 Å². The maximum Gasteiger partial charge on any atom is 0.186 e. The zero-order chi connectivity index (χ0) is 7.28. The Balaban J connectivity index is 3.22. The summed E-state index contributed by atoms with van der Waals surface area (Å²) in [5.41, 5.74) is 0. The van der Waals surface area contributed by atoms with E-state index in [9.17, 15) is 0 Å². The molecule has 0 aromatic rings. The molecular formula is C4H15B3N2. The third-order valence-electron chi connectivity index (χ3n) is 1.56. The molecule has 0 atom stereocenters. The molecule has 0 spiro atoms. The molecule has 0 saturated carbocycles. The topological polar surface area (TPSA) is 6.48 Å². The van der Waals surface area contributed by atoms with Crippen molar-refractivity contribution < 1.29 is 0 Å². The number of hydrogen-bond acceptors (Lipinski definition) is 2. The van der Waals surface area contributed by atoms with E-state index in [1.165, 1.54) is 0 Å². The first kappa shape index (κ1) is 9.11. The Labute approximate surface area is 60.7 Å². The summed E-state index contributed by atoms with van der Waals surface area (Å²) in [6, 6.07) is 0. The molecular weight excluding hydrogens is 108 g/mol. The van der Waals surface area contributed by atoms with Crippen molar-refractivity contribution in [3.05, 3.63) is 0 Å². The predicted molar refractivity (Wildman–Crippen MR) is 49.2 cm³/mol. The van der Waals surface area contributed by atoms with Crippen LogP contribution in [-0.4, -0.2) is 52.9 Å². The Morgan fingerprint density at radius 2 is 2.11 bits per heavy atom. The highest BCUT2D eigenvalue weighted by atomic mass is 15.2. The minimum atomic E-state index is 1.08. The fourth-order valence-corrected chi connectivity index (χ4v) is 0.612. The lowest BCUT2D eigenvalue weighted by atomic mass is 9.66. The first-order chi connectivity index (χ1) is 4.20. The van der Waals surface area contributed by atoms with Gasteiger partial charge in [-0.3, -0.25) is 0 Å². The standard InChI is InChI=1S/C4H15B3N2/c1-3-9(6)4-8(2)7-5/h7H,3-6H2,1-2H3. The van der Waals surface area contributed by atoms with Crippen molar-refractivity contribution in [2.24, 2.45) is 0 Å². The molecule has 0 rings (SSSR count). The van der Waals surface area contributed by atoms with Crippen molar-refractivity contribution in [3.63, 3.8) is 0 Å². The Morgan fingerprint density at radius 1 is 1.56 bits per heavy atom. The third-order valence-corrected chi connectivity index (χ3v) is 1.56. The van der Waals surface area contributed by atoms with Crippen LogP contribution in [0.25, 0.3) is 0 Å². The van der Waals surface area contributed by atoms with Crippen LogP contribution in [0.2, 0.25) is 0 Å². The van der Waals surface area contributed by atoms with E-state index in [2.05, 4.69) is 39.3 Å². The van der Waals surface area contributed by atoms with Gasteiger partial charge in [0.15, 0.2) is 15.3 Å². The Kier molecular flexibility index (Phi) is 5.01. The van der Waals surface area contributed by atoms with Gasteiger partial charge in [0.05, 0.1) is 7.74 Å². The summed E-state index contributed by atoms with van der Waals surface area (Å²) in [7, 11) is 7.56. The predicted octanol–water partition coefficient (Wildman–Crippen LogP) is -2.35. The lowest BCUT2D eigenvalue weighted by Gasteiger charge is -2.21. The summed E-state index contributed by atoms with van der Waals surface area (Å²) in [5.74, 6) is 0. The second-order valence-electron chi connectivity index (χ2n) is 2.49. The zero-order valence-corrected chi connectivity index (χ0v) is 7.02. The molecule has 0 aromatic carbocycles. The van der Waals surface area contributed by atoms with Crippen molar-refractivity contribution >= 4 is 23.0 Å². The fraction of sp³-hybridized carbons (Fsp3) is 1.00. The number of hydrogen-bond donors (Lipinski definition) is 0. The van der Waals surface area contributed by atoms with Crippen LogP contribution < -0.4 is 0 Å². The second-order valence-corrected chi connectivity index (χ2v) is 2.49. The quantitative estimate of drug-likeness (QED) is 0.305. The average Bonchev–Trinajstić information content (AvgIpc) is 1.87. The van der Waals surface area contributed by atoms with Crippen LogP contribution in [0.4, 0.5) is 0 Å². The van der Waals surface area contributed by atoms with Crippen LogP contribution in [0, 0.1) is 0 Å². The summed E-state index contributed by atoms with van der Waals surface area (Å²) in [6.45, 7) is 4.38. The molecule has 0 aliphatic rings. The van der Waals surface area contributed by atoms with Crippen LogP contribution in [0.15, 0.2) is 0 Å². The summed E-state index contributed by atoms with van der Waals surface area (Å²) < 4.78 is 0. The van der Waals surface area contributed by atoms with Crippen LogP contribution in [0.5, 0.6) is 0 Å². The fourth-order valence-electron chi connectivity index (χ4n) is 0.612. The molecule has 50 valence electrons. The second kappa shape index (κ2) is 4.94. The van der Waals surface area contributed by atoms with Crippen molar-refractivity contribution in [2.75, 3.05) is 20.3 Å². The van der Waals surface area contributed by atoms with E-state index in [1.807, 2.05) is 0 Å². The van der Waals surface area contributed by atoms with Gasteiger partial charge in [-0.2, -0.15) is 0 Å². The van der Waals surface area contributed by atoms with Gasteiger partial charge in [0.1, 0.15) is 0 Å². The van der Waals surface area contributed by atoms with Gasteiger partial charge in [0, 0.05) is 6.67 Å². The van der Waals surface area contributed by atoms with E-state index >= 15 is 0 Å². The van der Waals surface area contributed by atoms with E-state index in [4.69, 9.17) is 0 Å². The zero-order valence-electron chi connectivity index (χ0n) is 7.02. The Hall–Kier alpha value is 0.115. The molecule has 0 N–H and O–H groups in total. The SMILES string of the molecule is BBN(C)CN(B)CC. The number of nitrogens with zero attached hydrogens (tertiary/aromatic N) is 2.